The number of allylic oxidation sites excluding steroid dienone is 1. The average Bonchev–Trinajstić information content (AvgIpc) is 2.75. The van der Waals surface area contributed by atoms with Gasteiger partial charge in [-0.15, -0.1) is 0 Å². The molecule has 0 aliphatic carbocycles. The molecule has 3 heteroatoms. The van der Waals surface area contributed by atoms with E-state index in [0.717, 1.165) is 6.42 Å². The van der Waals surface area contributed by atoms with Gasteiger partial charge in [0.25, 0.3) is 0 Å². The Morgan fingerprint density at radius 3 is 1.46 bits per heavy atom. The molecule has 0 spiro atoms. The first-order valence-corrected chi connectivity index (χ1v) is 11.5. The van der Waals surface area contributed by atoms with E-state index in [-0.39, 0.29) is 5.97 Å². The first kappa shape index (κ1) is 21.6. The molecule has 3 aromatic rings. The van der Waals surface area contributed by atoms with Crippen LogP contribution in [-0.4, -0.2) is 12.6 Å². The maximum absolute atomic E-state index is 10.5. The molecule has 0 bridgehead atoms. The Bertz CT molecular complexity index is 736. The number of carbonyl (C=O) groups is 1. The van der Waals surface area contributed by atoms with E-state index >= 15 is 0 Å². The molecule has 0 saturated heterocycles. The molecule has 0 saturated carbocycles. The van der Waals surface area contributed by atoms with Crippen LogP contribution in [0.4, 0.5) is 0 Å². The molecule has 28 heavy (non-hydrogen) atoms. The summed E-state index contributed by atoms with van der Waals surface area (Å²) in [4.78, 5) is 10.5. The number of rotatable bonds is 6. The molecule has 0 aromatic heterocycles. The summed E-state index contributed by atoms with van der Waals surface area (Å²) in [6.07, 6.45) is 4.10. The Morgan fingerprint density at radius 2 is 1.14 bits per heavy atom. The Kier molecular flexibility index (Phi) is 9.75. The predicted molar refractivity (Wildman–Crippen MR) is 124 cm³/mol. The van der Waals surface area contributed by atoms with Crippen LogP contribution in [0.5, 0.6) is 0 Å². The molecule has 0 aliphatic heterocycles. The Balaban J connectivity index is 0.000000266. The van der Waals surface area contributed by atoms with Crippen molar-refractivity contribution >= 4 is 29.8 Å². The van der Waals surface area contributed by atoms with Crippen LogP contribution in [0.1, 0.15) is 20.3 Å². The van der Waals surface area contributed by atoms with Crippen molar-refractivity contribution in [2.75, 3.05) is 6.61 Å². The van der Waals surface area contributed by atoms with Gasteiger partial charge in [0, 0.05) is 6.08 Å². The average molecular weight is 392 g/mol. The van der Waals surface area contributed by atoms with Crippen LogP contribution in [0.25, 0.3) is 0 Å². The zero-order chi connectivity index (χ0) is 20.0. The summed E-state index contributed by atoms with van der Waals surface area (Å²) in [6, 6.07) is 32.7. The number of benzene rings is 3. The quantitative estimate of drug-likeness (QED) is 0.353. The fourth-order valence-corrected chi connectivity index (χ4v) is 5.89. The van der Waals surface area contributed by atoms with E-state index in [0.29, 0.717) is 6.61 Å². The number of hydrogen-bond acceptors (Lipinski definition) is 2. The van der Waals surface area contributed by atoms with E-state index in [1.165, 1.54) is 22.0 Å². The normalized spacial score (nSPS) is 10.7. The van der Waals surface area contributed by atoms with Gasteiger partial charge in [0.2, 0.25) is 0 Å². The van der Waals surface area contributed by atoms with Gasteiger partial charge in [-0.25, -0.2) is 4.79 Å². The molecule has 3 rings (SSSR count). The van der Waals surface area contributed by atoms with Gasteiger partial charge < -0.3 is 4.74 Å². The van der Waals surface area contributed by atoms with Gasteiger partial charge >= 0.3 is 121 Å². The summed E-state index contributed by atoms with van der Waals surface area (Å²) >= 11 is 0. The van der Waals surface area contributed by atoms with Crippen LogP contribution < -0.4 is 15.9 Å². The number of esters is 1. The Labute approximate surface area is 169 Å². The van der Waals surface area contributed by atoms with Gasteiger partial charge in [-0.1, -0.05) is 13.0 Å². The van der Waals surface area contributed by atoms with Crippen molar-refractivity contribution in [3.05, 3.63) is 103 Å². The van der Waals surface area contributed by atoms with Gasteiger partial charge in [0.15, 0.2) is 0 Å². The van der Waals surface area contributed by atoms with Crippen molar-refractivity contribution in [2.45, 2.75) is 20.3 Å². The summed E-state index contributed by atoms with van der Waals surface area (Å²) in [5.41, 5.74) is 0. The molecule has 0 unspecified atom stereocenters. The monoisotopic (exact) mass is 392 g/mol. The molecule has 0 N–H and O–H groups in total. The molecule has 0 fully saturated rings. The number of hydrogen-bond donors (Lipinski definition) is 0. The van der Waals surface area contributed by atoms with Crippen LogP contribution in [0, 0.1) is 0 Å². The molecular formula is C25H29O2P. The minimum absolute atomic E-state index is 0.251. The summed E-state index contributed by atoms with van der Waals surface area (Å²) < 4.78 is 4.62. The van der Waals surface area contributed by atoms with Crippen LogP contribution >= 0.6 is 7.92 Å². The summed E-state index contributed by atoms with van der Waals surface area (Å²) in [7, 11) is -1.31. The molecule has 0 aliphatic rings. The summed E-state index contributed by atoms with van der Waals surface area (Å²) in [5.74, 6) is -0.251. The Morgan fingerprint density at radius 1 is 0.750 bits per heavy atom. The summed E-state index contributed by atoms with van der Waals surface area (Å²) in [6.45, 7) is 4.21. The van der Waals surface area contributed by atoms with E-state index in [4.69, 9.17) is 0 Å². The van der Waals surface area contributed by atoms with Crippen LogP contribution in [-0.2, 0) is 9.53 Å². The van der Waals surface area contributed by atoms with Crippen LogP contribution in [0.15, 0.2) is 103 Å². The van der Waals surface area contributed by atoms with Gasteiger partial charge in [0.1, 0.15) is 0 Å². The first-order chi connectivity index (χ1) is 13.8. The van der Waals surface area contributed by atoms with Crippen molar-refractivity contribution in [2.24, 2.45) is 0 Å². The van der Waals surface area contributed by atoms with Crippen molar-refractivity contribution in [1.29, 1.82) is 0 Å². The van der Waals surface area contributed by atoms with Gasteiger partial charge in [-0.3, -0.25) is 0 Å². The van der Waals surface area contributed by atoms with E-state index in [1.54, 1.807) is 13.0 Å². The predicted octanol–water partition coefficient (Wildman–Crippen LogP) is 4.43. The molecule has 2 nitrogen and oxygen atoms in total. The van der Waals surface area contributed by atoms with E-state index in [2.05, 4.69) is 95.7 Å². The molecule has 0 atom stereocenters. The van der Waals surface area contributed by atoms with Crippen molar-refractivity contribution in [1.82, 2.24) is 0 Å². The molecule has 0 amide bonds. The number of carbonyl (C=O) groups excluding carboxylic acids is 1. The van der Waals surface area contributed by atoms with Gasteiger partial charge in [-0.05, 0) is 13.3 Å². The van der Waals surface area contributed by atoms with Crippen molar-refractivity contribution in [3.63, 3.8) is 0 Å². The second-order valence-electron chi connectivity index (χ2n) is 6.23. The van der Waals surface area contributed by atoms with E-state index in [9.17, 15) is 4.79 Å². The second-order valence-corrected chi connectivity index (χ2v) is 9.09. The second kappa shape index (κ2) is 12.6. The van der Waals surface area contributed by atoms with E-state index in [1.807, 2.05) is 6.92 Å². The molecule has 0 radical (unpaired) electrons. The van der Waals surface area contributed by atoms with Gasteiger partial charge in [0.05, 0.1) is 6.61 Å². The third kappa shape index (κ3) is 7.13. The standard InChI is InChI=1S/C18H17P.C7H12O2/c1-4-10-16(11-5-1)19(17-12-6-2-7-13-17)18-14-8-3-9-15-18;1-3-5-6-7(8)9-4-2/h1-15H,19H2;5-6H,3-4H2,1-2H3. The maximum atomic E-state index is 10.5. The molecule has 3 aromatic carbocycles. The first-order valence-electron chi connectivity index (χ1n) is 9.74. The van der Waals surface area contributed by atoms with Crippen LogP contribution in [0.2, 0.25) is 0 Å². The van der Waals surface area contributed by atoms with Crippen molar-refractivity contribution < 1.29 is 9.53 Å². The van der Waals surface area contributed by atoms with E-state index < -0.39 is 7.92 Å². The molecule has 146 valence electrons. The zero-order valence-electron chi connectivity index (χ0n) is 16.6. The molecular weight excluding hydrogens is 363 g/mol. The third-order valence-electron chi connectivity index (χ3n) is 4.17. The minimum atomic E-state index is -1.31. The van der Waals surface area contributed by atoms with Gasteiger partial charge in [-0.2, -0.15) is 0 Å². The van der Waals surface area contributed by atoms with Crippen molar-refractivity contribution in [3.8, 4) is 0 Å². The summed E-state index contributed by atoms with van der Waals surface area (Å²) in [5, 5.41) is 4.42. The third-order valence-corrected chi connectivity index (χ3v) is 7.33. The fraction of sp³-hybridized carbons (Fsp3) is 0.160. The SMILES string of the molecule is CCC=CC(=O)OCC.c1ccc([PH2](c2ccccc2)c2ccccc2)cc1. The zero-order valence-corrected chi connectivity index (χ0v) is 17.8. The van der Waals surface area contributed by atoms with Crippen LogP contribution in [0.3, 0.4) is 0 Å². The molecule has 0 heterocycles. The topological polar surface area (TPSA) is 26.3 Å². The number of ether oxygens (including phenoxy) is 1. The fourth-order valence-electron chi connectivity index (χ4n) is 2.92. The Hall–Kier alpha value is -2.70.